The molecule has 0 saturated heterocycles. The molecular weight excluding hydrogens is 216 g/mol. The lowest BCUT2D eigenvalue weighted by molar-refractivity contribution is 0.0708. The first-order valence-corrected chi connectivity index (χ1v) is 6.28. The predicted molar refractivity (Wildman–Crippen MR) is 67.7 cm³/mol. The van der Waals surface area contributed by atoms with Gasteiger partial charge in [0.05, 0.1) is 25.8 Å². The van der Waals surface area contributed by atoms with Crippen molar-refractivity contribution in [2.75, 3.05) is 13.2 Å². The van der Waals surface area contributed by atoms with Gasteiger partial charge < -0.3 is 10.1 Å². The summed E-state index contributed by atoms with van der Waals surface area (Å²) in [4.78, 5) is 4.24. The fraction of sp³-hybridized carbons (Fsp3) is 0.833. The smallest absolute Gasteiger partial charge is 0.164 e. The Kier molecular flexibility index (Phi) is 6.15. The highest BCUT2D eigenvalue weighted by atomic mass is 16.5. The monoisotopic (exact) mass is 240 g/mol. The summed E-state index contributed by atoms with van der Waals surface area (Å²) in [7, 11) is 0. The molecule has 0 spiro atoms. The summed E-state index contributed by atoms with van der Waals surface area (Å²) >= 11 is 0. The van der Waals surface area contributed by atoms with Crippen LogP contribution in [0.1, 0.15) is 33.5 Å². The number of nitrogens with one attached hydrogen (secondary N) is 1. The van der Waals surface area contributed by atoms with Crippen LogP contribution >= 0.6 is 0 Å². The summed E-state index contributed by atoms with van der Waals surface area (Å²) in [6.45, 7) is 11.6. The Morgan fingerprint density at radius 1 is 1.35 bits per heavy atom. The lowest BCUT2D eigenvalue weighted by Gasteiger charge is -2.06. The molecule has 98 valence electrons. The Hall–Kier alpha value is -0.940. The van der Waals surface area contributed by atoms with E-state index in [1.165, 1.54) is 0 Å². The molecule has 17 heavy (non-hydrogen) atoms. The van der Waals surface area contributed by atoms with Crippen LogP contribution in [-0.4, -0.2) is 34.0 Å². The minimum absolute atomic E-state index is 0.269. The molecule has 0 unspecified atom stereocenters. The van der Waals surface area contributed by atoms with E-state index in [4.69, 9.17) is 4.74 Å². The Morgan fingerprint density at radius 3 is 2.76 bits per heavy atom. The SMILES string of the molecule is CC(C)CNCc1ncn(CCOC(C)C)n1. The first-order chi connectivity index (χ1) is 8.08. The van der Waals surface area contributed by atoms with Gasteiger partial charge in [0.25, 0.3) is 0 Å². The van der Waals surface area contributed by atoms with E-state index >= 15 is 0 Å². The summed E-state index contributed by atoms with van der Waals surface area (Å²) in [6.07, 6.45) is 2.03. The highest BCUT2D eigenvalue weighted by Crippen LogP contribution is 1.94. The third kappa shape index (κ3) is 6.38. The maximum atomic E-state index is 5.46. The molecule has 0 saturated carbocycles. The van der Waals surface area contributed by atoms with Crippen LogP contribution in [0, 0.1) is 5.92 Å². The van der Waals surface area contributed by atoms with Crippen molar-refractivity contribution in [3.8, 4) is 0 Å². The number of aromatic nitrogens is 3. The summed E-state index contributed by atoms with van der Waals surface area (Å²) in [5.74, 6) is 1.49. The van der Waals surface area contributed by atoms with Crippen LogP contribution in [0.15, 0.2) is 6.33 Å². The van der Waals surface area contributed by atoms with Crippen molar-refractivity contribution in [3.05, 3.63) is 12.2 Å². The second-order valence-corrected chi connectivity index (χ2v) is 4.87. The molecule has 0 fully saturated rings. The topological polar surface area (TPSA) is 52.0 Å². The number of hydrogen-bond donors (Lipinski definition) is 1. The second kappa shape index (κ2) is 7.40. The molecule has 5 heteroatoms. The van der Waals surface area contributed by atoms with Crippen molar-refractivity contribution in [2.24, 2.45) is 5.92 Å². The summed E-state index contributed by atoms with van der Waals surface area (Å²) in [6, 6.07) is 0. The molecule has 0 aromatic carbocycles. The van der Waals surface area contributed by atoms with Gasteiger partial charge in [-0.3, -0.25) is 4.68 Å². The third-order valence-electron chi connectivity index (χ3n) is 2.19. The second-order valence-electron chi connectivity index (χ2n) is 4.87. The van der Waals surface area contributed by atoms with E-state index in [0.717, 1.165) is 25.5 Å². The number of hydrogen-bond acceptors (Lipinski definition) is 4. The predicted octanol–water partition coefficient (Wildman–Crippen LogP) is 1.45. The quantitative estimate of drug-likeness (QED) is 0.747. The number of ether oxygens (including phenoxy) is 1. The first-order valence-electron chi connectivity index (χ1n) is 6.28. The van der Waals surface area contributed by atoms with Crippen molar-refractivity contribution in [2.45, 2.75) is 46.9 Å². The van der Waals surface area contributed by atoms with Gasteiger partial charge in [-0.25, -0.2) is 4.98 Å². The van der Waals surface area contributed by atoms with E-state index in [1.807, 2.05) is 18.5 Å². The van der Waals surface area contributed by atoms with Gasteiger partial charge in [0.15, 0.2) is 5.82 Å². The van der Waals surface area contributed by atoms with Crippen LogP contribution in [0.4, 0.5) is 0 Å². The summed E-state index contributed by atoms with van der Waals surface area (Å²) in [5, 5.41) is 7.69. The van der Waals surface area contributed by atoms with Gasteiger partial charge in [-0.15, -0.1) is 0 Å². The van der Waals surface area contributed by atoms with Gasteiger partial charge in [0, 0.05) is 0 Å². The molecule has 5 nitrogen and oxygen atoms in total. The van der Waals surface area contributed by atoms with Crippen LogP contribution in [0.25, 0.3) is 0 Å². The standard InChI is InChI=1S/C12H24N4O/c1-10(2)7-13-8-12-14-9-16(15-12)5-6-17-11(3)4/h9-11,13H,5-8H2,1-4H3. The molecule has 0 aliphatic heterocycles. The largest absolute Gasteiger partial charge is 0.377 e. The van der Waals surface area contributed by atoms with Crippen LogP contribution < -0.4 is 5.32 Å². The Labute approximate surface area is 104 Å². The molecule has 1 heterocycles. The van der Waals surface area contributed by atoms with Gasteiger partial charge in [-0.05, 0) is 26.3 Å². The molecule has 0 aliphatic rings. The van der Waals surface area contributed by atoms with Crippen LogP contribution in [0.3, 0.4) is 0 Å². The Balaban J connectivity index is 2.23. The highest BCUT2D eigenvalue weighted by molar-refractivity contribution is 4.80. The molecule has 0 radical (unpaired) electrons. The zero-order chi connectivity index (χ0) is 12.7. The number of nitrogens with zero attached hydrogens (tertiary/aromatic N) is 3. The van der Waals surface area contributed by atoms with E-state index in [9.17, 15) is 0 Å². The van der Waals surface area contributed by atoms with Gasteiger partial charge in [0.2, 0.25) is 0 Å². The van der Waals surface area contributed by atoms with Crippen molar-refractivity contribution in [1.82, 2.24) is 20.1 Å². The van der Waals surface area contributed by atoms with Gasteiger partial charge in [-0.1, -0.05) is 13.8 Å². The van der Waals surface area contributed by atoms with E-state index in [1.54, 1.807) is 6.33 Å². The Bertz CT molecular complexity index is 281. The maximum absolute atomic E-state index is 5.46. The van der Waals surface area contributed by atoms with Gasteiger partial charge >= 0.3 is 0 Å². The highest BCUT2D eigenvalue weighted by Gasteiger charge is 2.01. The lowest BCUT2D eigenvalue weighted by Crippen LogP contribution is -2.20. The van der Waals surface area contributed by atoms with E-state index < -0.39 is 0 Å². The van der Waals surface area contributed by atoms with Gasteiger partial charge in [0.1, 0.15) is 6.33 Å². The average molecular weight is 240 g/mol. The van der Waals surface area contributed by atoms with Crippen molar-refractivity contribution in [1.29, 1.82) is 0 Å². The molecule has 1 aromatic rings. The fourth-order valence-electron chi connectivity index (χ4n) is 1.38. The fourth-order valence-corrected chi connectivity index (χ4v) is 1.38. The van der Waals surface area contributed by atoms with Crippen LogP contribution in [0.2, 0.25) is 0 Å². The average Bonchev–Trinajstić information content (AvgIpc) is 2.65. The summed E-state index contributed by atoms with van der Waals surface area (Å²) < 4.78 is 7.29. The lowest BCUT2D eigenvalue weighted by atomic mass is 10.2. The molecule has 1 N–H and O–H groups in total. The molecule has 0 bridgehead atoms. The Morgan fingerprint density at radius 2 is 2.12 bits per heavy atom. The van der Waals surface area contributed by atoms with Crippen LogP contribution in [-0.2, 0) is 17.8 Å². The van der Waals surface area contributed by atoms with Gasteiger partial charge in [-0.2, -0.15) is 5.10 Å². The normalized spacial score (nSPS) is 11.6. The molecule has 0 aliphatic carbocycles. The molecule has 0 amide bonds. The third-order valence-corrected chi connectivity index (χ3v) is 2.19. The van der Waals surface area contributed by atoms with E-state index in [-0.39, 0.29) is 6.10 Å². The zero-order valence-corrected chi connectivity index (χ0v) is 11.3. The van der Waals surface area contributed by atoms with E-state index in [2.05, 4.69) is 29.2 Å². The number of rotatable bonds is 8. The first kappa shape index (κ1) is 14.1. The molecule has 0 atom stereocenters. The zero-order valence-electron chi connectivity index (χ0n) is 11.3. The van der Waals surface area contributed by atoms with Crippen molar-refractivity contribution >= 4 is 0 Å². The molecular formula is C12H24N4O. The molecule has 1 rings (SSSR count). The minimum Gasteiger partial charge on any atom is -0.377 e. The van der Waals surface area contributed by atoms with Crippen molar-refractivity contribution < 1.29 is 4.74 Å². The minimum atomic E-state index is 0.269. The van der Waals surface area contributed by atoms with Crippen molar-refractivity contribution in [3.63, 3.8) is 0 Å². The van der Waals surface area contributed by atoms with Crippen LogP contribution in [0.5, 0.6) is 0 Å². The summed E-state index contributed by atoms with van der Waals surface area (Å²) in [5.41, 5.74) is 0. The maximum Gasteiger partial charge on any atom is 0.164 e. The van der Waals surface area contributed by atoms with E-state index in [0.29, 0.717) is 12.5 Å². The molecule has 1 aromatic heterocycles.